The molecule has 2 heterocycles. The number of rotatable bonds is 5. The van der Waals surface area contributed by atoms with Crippen molar-refractivity contribution >= 4 is 23.4 Å². The maximum atomic E-state index is 12.6. The van der Waals surface area contributed by atoms with Crippen LogP contribution >= 0.6 is 0 Å². The molecule has 0 saturated carbocycles. The molecule has 1 fully saturated rings. The first-order valence-electron chi connectivity index (χ1n) is 10.1. The molecule has 2 aliphatic heterocycles. The van der Waals surface area contributed by atoms with Gasteiger partial charge in [-0.25, -0.2) is 0 Å². The lowest BCUT2D eigenvalue weighted by Crippen LogP contribution is -2.49. The van der Waals surface area contributed by atoms with Gasteiger partial charge in [0.25, 0.3) is 11.8 Å². The van der Waals surface area contributed by atoms with Crippen molar-refractivity contribution in [3.8, 4) is 0 Å². The molecule has 0 spiro atoms. The van der Waals surface area contributed by atoms with Gasteiger partial charge in [0.15, 0.2) is 0 Å². The molecule has 0 radical (unpaired) electrons. The third kappa shape index (κ3) is 3.75. The number of carbonyl (C=O) groups excluding carboxylic acids is 3. The van der Waals surface area contributed by atoms with Crippen LogP contribution in [0.1, 0.15) is 39.1 Å². The Morgan fingerprint density at radius 1 is 0.862 bits per heavy atom. The molecule has 0 N–H and O–H groups in total. The number of hydrogen-bond acceptors (Lipinski definition) is 4. The Morgan fingerprint density at radius 3 is 2.07 bits per heavy atom. The molecule has 0 unspecified atom stereocenters. The first kappa shape index (κ1) is 19.2. The van der Waals surface area contributed by atoms with E-state index in [0.717, 1.165) is 13.1 Å². The normalized spacial score (nSPS) is 16.4. The molecule has 0 bridgehead atoms. The summed E-state index contributed by atoms with van der Waals surface area (Å²) in [5.41, 5.74) is 3.38. The molecule has 3 amide bonds. The second kappa shape index (κ2) is 8.07. The summed E-state index contributed by atoms with van der Waals surface area (Å²) in [4.78, 5) is 42.8. The number of benzene rings is 2. The summed E-state index contributed by atoms with van der Waals surface area (Å²) < 4.78 is 0. The molecule has 2 aromatic rings. The van der Waals surface area contributed by atoms with Crippen molar-refractivity contribution in [2.75, 3.05) is 37.6 Å². The first-order valence-corrected chi connectivity index (χ1v) is 10.1. The third-order valence-electron chi connectivity index (χ3n) is 5.74. The predicted octanol–water partition coefficient (Wildman–Crippen LogP) is 2.72. The van der Waals surface area contributed by atoms with Crippen LogP contribution in [-0.2, 0) is 4.79 Å². The van der Waals surface area contributed by atoms with Gasteiger partial charge in [-0.1, -0.05) is 30.3 Å². The second-order valence-corrected chi connectivity index (χ2v) is 7.57. The molecule has 0 aromatic heterocycles. The number of carbonyl (C=O) groups is 3. The highest BCUT2D eigenvalue weighted by Gasteiger charge is 2.34. The Hall–Kier alpha value is -3.15. The van der Waals surface area contributed by atoms with Crippen molar-refractivity contribution in [1.29, 1.82) is 0 Å². The van der Waals surface area contributed by atoms with E-state index in [0.29, 0.717) is 37.1 Å². The Labute approximate surface area is 170 Å². The molecule has 6 heteroatoms. The zero-order valence-corrected chi connectivity index (χ0v) is 16.6. The number of aryl methyl sites for hydroxylation is 1. The van der Waals surface area contributed by atoms with Crippen molar-refractivity contribution in [2.45, 2.75) is 19.8 Å². The second-order valence-electron chi connectivity index (χ2n) is 7.57. The molecule has 4 rings (SSSR count). The molecule has 150 valence electrons. The van der Waals surface area contributed by atoms with Crippen LogP contribution < -0.4 is 4.90 Å². The van der Waals surface area contributed by atoms with Crippen LogP contribution in [0.15, 0.2) is 48.5 Å². The predicted molar refractivity (Wildman–Crippen MR) is 111 cm³/mol. The largest absolute Gasteiger partial charge is 0.368 e. The van der Waals surface area contributed by atoms with Gasteiger partial charge in [0.2, 0.25) is 5.91 Å². The summed E-state index contributed by atoms with van der Waals surface area (Å²) in [6.07, 6.45) is 0.833. The van der Waals surface area contributed by atoms with Gasteiger partial charge < -0.3 is 9.80 Å². The SMILES string of the molecule is Cc1ccccc1N1CCN(C(=O)CCCN2C(=O)c3ccccc3C2=O)CC1. The Morgan fingerprint density at radius 2 is 1.45 bits per heavy atom. The van der Waals surface area contributed by atoms with Crippen molar-refractivity contribution in [2.24, 2.45) is 0 Å². The van der Waals surface area contributed by atoms with Gasteiger partial charge in [-0.05, 0) is 37.1 Å². The summed E-state index contributed by atoms with van der Waals surface area (Å²) in [7, 11) is 0. The lowest BCUT2D eigenvalue weighted by molar-refractivity contribution is -0.131. The van der Waals surface area contributed by atoms with Crippen LogP contribution in [0.5, 0.6) is 0 Å². The van der Waals surface area contributed by atoms with E-state index in [9.17, 15) is 14.4 Å². The molecule has 0 aliphatic carbocycles. The minimum atomic E-state index is -0.259. The highest BCUT2D eigenvalue weighted by atomic mass is 16.2. The lowest BCUT2D eigenvalue weighted by Gasteiger charge is -2.37. The lowest BCUT2D eigenvalue weighted by atomic mass is 10.1. The summed E-state index contributed by atoms with van der Waals surface area (Å²) in [6.45, 7) is 5.40. The molecule has 2 aromatic carbocycles. The monoisotopic (exact) mass is 391 g/mol. The van der Waals surface area contributed by atoms with E-state index in [1.54, 1.807) is 24.3 Å². The fourth-order valence-electron chi connectivity index (χ4n) is 4.10. The molecule has 6 nitrogen and oxygen atoms in total. The fraction of sp³-hybridized carbons (Fsp3) is 0.348. The van der Waals surface area contributed by atoms with Gasteiger partial charge in [-0.15, -0.1) is 0 Å². The minimum absolute atomic E-state index is 0.0889. The van der Waals surface area contributed by atoms with E-state index >= 15 is 0 Å². The molecule has 29 heavy (non-hydrogen) atoms. The van der Waals surface area contributed by atoms with Crippen molar-refractivity contribution in [3.63, 3.8) is 0 Å². The first-order chi connectivity index (χ1) is 14.1. The minimum Gasteiger partial charge on any atom is -0.368 e. The van der Waals surface area contributed by atoms with Gasteiger partial charge in [0.05, 0.1) is 11.1 Å². The zero-order valence-electron chi connectivity index (χ0n) is 16.6. The Bertz CT molecular complexity index is 913. The van der Waals surface area contributed by atoms with Crippen molar-refractivity contribution in [3.05, 3.63) is 65.2 Å². The average molecular weight is 391 g/mol. The number of imide groups is 1. The average Bonchev–Trinajstić information content (AvgIpc) is 2.99. The number of piperazine rings is 1. The van der Waals surface area contributed by atoms with Gasteiger partial charge in [0, 0.05) is 44.8 Å². The highest BCUT2D eigenvalue weighted by Crippen LogP contribution is 2.23. The topological polar surface area (TPSA) is 60.9 Å². The molecule has 2 aliphatic rings. The fourth-order valence-corrected chi connectivity index (χ4v) is 4.10. The maximum Gasteiger partial charge on any atom is 0.261 e. The smallest absolute Gasteiger partial charge is 0.261 e. The summed E-state index contributed by atoms with van der Waals surface area (Å²) in [5.74, 6) is -0.430. The zero-order chi connectivity index (χ0) is 20.4. The van der Waals surface area contributed by atoms with Crippen LogP contribution in [0.4, 0.5) is 5.69 Å². The van der Waals surface area contributed by atoms with E-state index in [1.165, 1.54) is 16.2 Å². The number of para-hydroxylation sites is 1. The van der Waals surface area contributed by atoms with Crippen LogP contribution in [0, 0.1) is 6.92 Å². The summed E-state index contributed by atoms with van der Waals surface area (Å²) in [5, 5.41) is 0. The van der Waals surface area contributed by atoms with E-state index in [2.05, 4.69) is 24.0 Å². The summed E-state index contributed by atoms with van der Waals surface area (Å²) >= 11 is 0. The van der Waals surface area contributed by atoms with Crippen LogP contribution in [0.2, 0.25) is 0 Å². The van der Waals surface area contributed by atoms with Crippen LogP contribution in [0.25, 0.3) is 0 Å². The number of hydrogen-bond donors (Lipinski definition) is 0. The van der Waals surface area contributed by atoms with Crippen molar-refractivity contribution < 1.29 is 14.4 Å². The van der Waals surface area contributed by atoms with Crippen molar-refractivity contribution in [1.82, 2.24) is 9.80 Å². The molecular formula is C23H25N3O3. The molecule has 0 atom stereocenters. The van der Waals surface area contributed by atoms with Gasteiger partial charge >= 0.3 is 0 Å². The molecular weight excluding hydrogens is 366 g/mol. The van der Waals surface area contributed by atoms with Gasteiger partial charge in [0.1, 0.15) is 0 Å². The quantitative estimate of drug-likeness (QED) is 0.736. The standard InChI is InChI=1S/C23H25N3O3/c1-17-7-2-5-10-20(17)24-13-15-25(16-14-24)21(27)11-6-12-26-22(28)18-8-3-4-9-19(18)23(26)29/h2-5,7-10H,6,11-16H2,1H3. The number of anilines is 1. The van der Waals surface area contributed by atoms with Gasteiger partial charge in [-0.2, -0.15) is 0 Å². The van der Waals surface area contributed by atoms with E-state index in [1.807, 2.05) is 17.0 Å². The maximum absolute atomic E-state index is 12.6. The number of fused-ring (bicyclic) bond motifs is 1. The Balaban J connectivity index is 1.26. The third-order valence-corrected chi connectivity index (χ3v) is 5.74. The molecule has 1 saturated heterocycles. The summed E-state index contributed by atoms with van der Waals surface area (Å²) in [6, 6.07) is 15.2. The van der Waals surface area contributed by atoms with Crippen LogP contribution in [-0.4, -0.2) is 60.2 Å². The van der Waals surface area contributed by atoms with E-state index in [-0.39, 0.29) is 24.3 Å². The highest BCUT2D eigenvalue weighted by molar-refractivity contribution is 6.21. The van der Waals surface area contributed by atoms with E-state index in [4.69, 9.17) is 0 Å². The van der Waals surface area contributed by atoms with E-state index < -0.39 is 0 Å². The number of nitrogens with zero attached hydrogens (tertiary/aromatic N) is 3. The van der Waals surface area contributed by atoms with Gasteiger partial charge in [-0.3, -0.25) is 19.3 Å². The van der Waals surface area contributed by atoms with Crippen LogP contribution in [0.3, 0.4) is 0 Å². The Kier molecular flexibility index (Phi) is 5.34. The number of amides is 3.